The maximum absolute atomic E-state index is 12.9. The van der Waals surface area contributed by atoms with E-state index in [1.807, 2.05) is 24.3 Å². The highest BCUT2D eigenvalue weighted by Crippen LogP contribution is 2.48. The van der Waals surface area contributed by atoms with Gasteiger partial charge >= 0.3 is 0 Å². The van der Waals surface area contributed by atoms with Gasteiger partial charge in [-0.1, -0.05) is 57.2 Å². The number of carbonyl (C=O) groups is 2. The van der Waals surface area contributed by atoms with E-state index in [1.54, 1.807) is 0 Å². The molecule has 0 saturated heterocycles. The van der Waals surface area contributed by atoms with Crippen LogP contribution < -0.4 is 15.4 Å². The summed E-state index contributed by atoms with van der Waals surface area (Å²) in [5, 5.41) is 6.04. The number of nitrogens with one attached hydrogen (secondary N) is 2. The number of hydrogen-bond donors (Lipinski definition) is 2. The normalized spacial score (nSPS) is 16.8. The summed E-state index contributed by atoms with van der Waals surface area (Å²) in [7, 11) is 0. The monoisotopic (exact) mass is 434 g/mol. The molecule has 5 nitrogen and oxygen atoms in total. The first-order chi connectivity index (χ1) is 15.3. The van der Waals surface area contributed by atoms with Gasteiger partial charge in [-0.05, 0) is 66.3 Å². The van der Waals surface area contributed by atoms with Gasteiger partial charge in [-0.25, -0.2) is 0 Å². The fourth-order valence-electron chi connectivity index (χ4n) is 3.95. The number of carbonyl (C=O) groups excluding carboxylic acids is 2. The highest BCUT2D eigenvalue weighted by molar-refractivity contribution is 5.91. The van der Waals surface area contributed by atoms with E-state index in [4.69, 9.17) is 4.74 Å². The van der Waals surface area contributed by atoms with Crippen LogP contribution in [0.5, 0.6) is 5.75 Å². The van der Waals surface area contributed by atoms with E-state index in [2.05, 4.69) is 55.7 Å². The lowest BCUT2D eigenvalue weighted by molar-refractivity contribution is -0.124. The highest BCUT2D eigenvalue weighted by atomic mass is 16.5. The molecule has 2 aromatic rings. The molecule has 170 valence electrons. The van der Waals surface area contributed by atoms with Crippen molar-refractivity contribution in [1.29, 1.82) is 0 Å². The minimum Gasteiger partial charge on any atom is -0.484 e. The Balaban J connectivity index is 1.23. The van der Waals surface area contributed by atoms with Crippen molar-refractivity contribution in [1.82, 2.24) is 10.6 Å². The average molecular weight is 435 g/mol. The molecule has 0 heterocycles. The topological polar surface area (TPSA) is 67.4 Å². The van der Waals surface area contributed by atoms with Crippen molar-refractivity contribution in [3.63, 3.8) is 0 Å². The van der Waals surface area contributed by atoms with E-state index in [-0.39, 0.29) is 29.3 Å². The van der Waals surface area contributed by atoms with Crippen molar-refractivity contribution < 1.29 is 14.3 Å². The van der Waals surface area contributed by atoms with Crippen molar-refractivity contribution in [2.24, 2.45) is 0 Å². The zero-order chi connectivity index (χ0) is 22.8. The maximum Gasteiger partial charge on any atom is 0.258 e. The molecule has 0 aromatic heterocycles. The summed E-state index contributed by atoms with van der Waals surface area (Å²) in [6.07, 6.45) is 4.72. The van der Waals surface area contributed by atoms with Gasteiger partial charge in [0.15, 0.2) is 6.61 Å². The standard InChI is InChI=1S/C27H34N2O3/c1-26(2,3)20-6-8-21(9-7-20)27(15-16-27)25(31)28-17-14-19-4-12-23(13-5-19)32-18-24(30)29-22-10-11-22/h4-9,12-13,22H,10-11,14-18H2,1-3H3,(H,28,31)(H,29,30). The largest absolute Gasteiger partial charge is 0.484 e. The lowest BCUT2D eigenvalue weighted by Crippen LogP contribution is -2.36. The van der Waals surface area contributed by atoms with Crippen LogP contribution in [-0.2, 0) is 26.8 Å². The van der Waals surface area contributed by atoms with Crippen LogP contribution in [-0.4, -0.2) is 31.0 Å². The predicted molar refractivity (Wildman–Crippen MR) is 126 cm³/mol. The molecule has 4 rings (SSSR count). The number of ether oxygens (including phenoxy) is 1. The molecule has 2 fully saturated rings. The zero-order valence-electron chi connectivity index (χ0n) is 19.4. The number of amides is 2. The Morgan fingerprint density at radius 2 is 1.66 bits per heavy atom. The van der Waals surface area contributed by atoms with Crippen molar-refractivity contribution in [3.05, 3.63) is 65.2 Å². The van der Waals surface area contributed by atoms with Crippen LogP contribution >= 0.6 is 0 Å². The van der Waals surface area contributed by atoms with Gasteiger partial charge < -0.3 is 15.4 Å². The second-order valence-electron chi connectivity index (χ2n) is 10.2. The van der Waals surface area contributed by atoms with Crippen LogP contribution in [0.4, 0.5) is 0 Å². The molecule has 2 aliphatic carbocycles. The fraction of sp³-hybridized carbons (Fsp3) is 0.481. The number of hydrogen-bond acceptors (Lipinski definition) is 3. The van der Waals surface area contributed by atoms with Gasteiger partial charge in [-0.15, -0.1) is 0 Å². The van der Waals surface area contributed by atoms with E-state index in [1.165, 1.54) is 5.56 Å². The Kier molecular flexibility index (Phi) is 6.27. The van der Waals surface area contributed by atoms with Crippen molar-refractivity contribution >= 4 is 11.8 Å². The molecule has 2 saturated carbocycles. The molecule has 2 aromatic carbocycles. The summed E-state index contributed by atoms with van der Waals surface area (Å²) >= 11 is 0. The number of rotatable bonds is 9. The quantitative estimate of drug-likeness (QED) is 0.626. The lowest BCUT2D eigenvalue weighted by atomic mass is 9.85. The van der Waals surface area contributed by atoms with Crippen molar-refractivity contribution in [3.8, 4) is 5.75 Å². The van der Waals surface area contributed by atoms with E-state index < -0.39 is 0 Å². The summed E-state index contributed by atoms with van der Waals surface area (Å²) in [6.45, 7) is 7.25. The maximum atomic E-state index is 12.9. The van der Waals surface area contributed by atoms with E-state index in [0.29, 0.717) is 18.3 Å². The summed E-state index contributed by atoms with van der Waals surface area (Å²) < 4.78 is 5.54. The first-order valence-electron chi connectivity index (χ1n) is 11.7. The molecular formula is C27H34N2O3. The van der Waals surface area contributed by atoms with E-state index in [0.717, 1.165) is 43.2 Å². The van der Waals surface area contributed by atoms with Crippen LogP contribution in [0.1, 0.15) is 63.1 Å². The molecule has 32 heavy (non-hydrogen) atoms. The van der Waals surface area contributed by atoms with Gasteiger partial charge in [0, 0.05) is 12.6 Å². The second-order valence-corrected chi connectivity index (χ2v) is 10.2. The van der Waals surface area contributed by atoms with Gasteiger partial charge in [-0.3, -0.25) is 9.59 Å². The molecular weight excluding hydrogens is 400 g/mol. The Morgan fingerprint density at radius 3 is 2.22 bits per heavy atom. The van der Waals surface area contributed by atoms with E-state index >= 15 is 0 Å². The van der Waals surface area contributed by atoms with Crippen molar-refractivity contribution in [2.75, 3.05) is 13.2 Å². The minimum absolute atomic E-state index is 0.0463. The van der Waals surface area contributed by atoms with Gasteiger partial charge in [0.1, 0.15) is 5.75 Å². The molecule has 2 N–H and O–H groups in total. The summed E-state index contributed by atoms with van der Waals surface area (Å²) in [5.74, 6) is 0.739. The van der Waals surface area contributed by atoms with Gasteiger partial charge in [0.05, 0.1) is 5.41 Å². The second kappa shape index (κ2) is 8.97. The van der Waals surface area contributed by atoms with Crippen LogP contribution in [0.3, 0.4) is 0 Å². The Hall–Kier alpha value is -2.82. The highest BCUT2D eigenvalue weighted by Gasteiger charge is 2.51. The third-order valence-corrected chi connectivity index (χ3v) is 6.42. The molecule has 0 radical (unpaired) electrons. The van der Waals surface area contributed by atoms with Gasteiger partial charge in [0.2, 0.25) is 5.91 Å². The Morgan fingerprint density at radius 1 is 1.00 bits per heavy atom. The van der Waals surface area contributed by atoms with Crippen LogP contribution in [0.2, 0.25) is 0 Å². The minimum atomic E-state index is -0.352. The van der Waals surface area contributed by atoms with Crippen LogP contribution in [0.15, 0.2) is 48.5 Å². The Labute approximate surface area is 190 Å². The Bertz CT molecular complexity index is 950. The van der Waals surface area contributed by atoms with E-state index in [9.17, 15) is 9.59 Å². The zero-order valence-corrected chi connectivity index (χ0v) is 19.4. The van der Waals surface area contributed by atoms with Gasteiger partial charge in [-0.2, -0.15) is 0 Å². The first kappa shape index (κ1) is 22.4. The SMILES string of the molecule is CC(C)(C)c1ccc(C2(C(=O)NCCc3ccc(OCC(=O)NC4CC4)cc3)CC2)cc1. The molecule has 0 aliphatic heterocycles. The van der Waals surface area contributed by atoms with Crippen molar-refractivity contribution in [2.45, 2.75) is 69.7 Å². The molecule has 2 amide bonds. The predicted octanol–water partition coefficient (Wildman–Crippen LogP) is 4.03. The molecule has 5 heteroatoms. The first-order valence-corrected chi connectivity index (χ1v) is 11.7. The smallest absolute Gasteiger partial charge is 0.258 e. The number of benzene rings is 2. The third kappa shape index (κ3) is 5.50. The summed E-state index contributed by atoms with van der Waals surface area (Å²) in [4.78, 5) is 24.6. The third-order valence-electron chi connectivity index (χ3n) is 6.42. The summed E-state index contributed by atoms with van der Waals surface area (Å²) in [5.41, 5.74) is 3.29. The molecule has 0 unspecified atom stereocenters. The van der Waals surface area contributed by atoms with Crippen LogP contribution in [0, 0.1) is 0 Å². The lowest BCUT2D eigenvalue weighted by Gasteiger charge is -2.21. The molecule has 0 bridgehead atoms. The average Bonchev–Trinajstić information content (AvgIpc) is 3.68. The molecule has 0 atom stereocenters. The van der Waals surface area contributed by atoms with Gasteiger partial charge in [0.25, 0.3) is 5.91 Å². The molecule has 0 spiro atoms. The fourth-order valence-corrected chi connectivity index (χ4v) is 3.95. The summed E-state index contributed by atoms with van der Waals surface area (Å²) in [6, 6.07) is 16.6. The van der Waals surface area contributed by atoms with Crippen LogP contribution in [0.25, 0.3) is 0 Å². The molecule has 2 aliphatic rings.